The lowest BCUT2D eigenvalue weighted by molar-refractivity contribution is 0.137. The van der Waals surface area contributed by atoms with E-state index in [4.69, 9.17) is 16.3 Å². The van der Waals surface area contributed by atoms with E-state index in [1.807, 2.05) is 24.0 Å². The van der Waals surface area contributed by atoms with E-state index < -0.39 is 18.0 Å². The predicted octanol–water partition coefficient (Wildman–Crippen LogP) is 3.23. The molecular weight excluding hydrogens is 519 g/mol. The van der Waals surface area contributed by atoms with Gasteiger partial charge in [-0.3, -0.25) is 19.2 Å². The number of aliphatic hydroxyl groups is 1. The van der Waals surface area contributed by atoms with Crippen molar-refractivity contribution in [1.29, 1.82) is 0 Å². The lowest BCUT2D eigenvalue weighted by Gasteiger charge is -2.21. The van der Waals surface area contributed by atoms with E-state index in [1.165, 1.54) is 32.7 Å². The van der Waals surface area contributed by atoms with E-state index in [0.29, 0.717) is 34.9 Å². The van der Waals surface area contributed by atoms with Crippen molar-refractivity contribution in [2.45, 2.75) is 25.7 Å². The fourth-order valence-electron chi connectivity index (χ4n) is 4.67. The first-order chi connectivity index (χ1) is 17.7. The van der Waals surface area contributed by atoms with Crippen molar-refractivity contribution in [3.8, 4) is 16.9 Å². The van der Waals surface area contributed by atoms with Crippen LogP contribution in [0.1, 0.15) is 10.4 Å². The largest absolute Gasteiger partial charge is 0.485 e. The van der Waals surface area contributed by atoms with Crippen molar-refractivity contribution < 1.29 is 14.2 Å². The maximum Gasteiger partial charge on any atom is 0.331 e. The Morgan fingerprint density at radius 3 is 2.81 bits per heavy atom. The van der Waals surface area contributed by atoms with Crippen LogP contribution in [0, 0.1) is 6.92 Å². The molecule has 1 aliphatic heterocycles. The van der Waals surface area contributed by atoms with Crippen LogP contribution in [0.4, 0.5) is 4.39 Å². The molecular formula is C26H26ClFN4O4S. The number of aliphatic hydroxyl groups excluding tert-OH is 1. The van der Waals surface area contributed by atoms with Crippen molar-refractivity contribution in [2.24, 2.45) is 7.05 Å². The first-order valence-electron chi connectivity index (χ1n) is 11.8. The molecule has 0 aliphatic carbocycles. The molecule has 0 spiro atoms. The van der Waals surface area contributed by atoms with Crippen LogP contribution in [0.3, 0.4) is 0 Å². The Morgan fingerprint density at radius 1 is 1.22 bits per heavy atom. The van der Waals surface area contributed by atoms with Crippen molar-refractivity contribution in [2.75, 3.05) is 26.2 Å². The second-order valence-corrected chi connectivity index (χ2v) is 10.7. The highest BCUT2D eigenvalue weighted by atomic mass is 35.5. The standard InChI is InChI=1S/C26H26ClFN4O4S/c1-15-9-16(27)10-19(24(15)36-22-14-31(7-8-33)13-20(22)28)18-3-5-29-21-11-17(37-25(18)21)12-32-23(34)4-6-30(2)26(32)35/h3-6,9-11,20,22,33H,7-8,12-14H2,1-2H3/t20-,22+/m0/s1. The Balaban J connectivity index is 1.55. The molecule has 194 valence electrons. The smallest absolute Gasteiger partial charge is 0.331 e. The molecule has 0 bridgehead atoms. The van der Waals surface area contributed by atoms with Gasteiger partial charge in [-0.15, -0.1) is 11.3 Å². The second-order valence-electron chi connectivity index (χ2n) is 9.17. The van der Waals surface area contributed by atoms with Crippen LogP contribution >= 0.6 is 22.9 Å². The summed E-state index contributed by atoms with van der Waals surface area (Å²) in [5.74, 6) is 0.540. The molecule has 0 radical (unpaired) electrons. The topological polar surface area (TPSA) is 89.6 Å². The number of rotatable bonds is 7. The summed E-state index contributed by atoms with van der Waals surface area (Å²) < 4.78 is 24.5. The lowest BCUT2D eigenvalue weighted by Crippen LogP contribution is -2.37. The third-order valence-corrected chi connectivity index (χ3v) is 7.87. The van der Waals surface area contributed by atoms with Crippen LogP contribution in [0.2, 0.25) is 5.02 Å². The number of likely N-dealkylation sites (tertiary alicyclic amines) is 1. The van der Waals surface area contributed by atoms with Crippen LogP contribution in [0.15, 0.2) is 52.3 Å². The van der Waals surface area contributed by atoms with Gasteiger partial charge in [-0.25, -0.2) is 9.18 Å². The molecule has 0 unspecified atom stereocenters. The fraction of sp³-hybridized carbons (Fsp3) is 0.346. The average molecular weight is 545 g/mol. The number of alkyl halides is 1. The van der Waals surface area contributed by atoms with E-state index in [2.05, 4.69) is 4.98 Å². The molecule has 4 aromatic rings. The number of ether oxygens (including phenoxy) is 1. The van der Waals surface area contributed by atoms with Crippen molar-refractivity contribution >= 4 is 33.2 Å². The third-order valence-electron chi connectivity index (χ3n) is 6.51. The maximum atomic E-state index is 14.8. The number of β-amino-alcohol motifs (C(OH)–C–C–N with tert-alkyl or cyclic N) is 1. The number of fused-ring (bicyclic) bond motifs is 1. The Hall–Kier alpha value is -3.05. The molecule has 4 heterocycles. The Labute approximate surface area is 221 Å². The zero-order valence-corrected chi connectivity index (χ0v) is 21.9. The summed E-state index contributed by atoms with van der Waals surface area (Å²) >= 11 is 7.87. The molecule has 5 rings (SSSR count). The highest BCUT2D eigenvalue weighted by Gasteiger charge is 2.35. The molecule has 3 aromatic heterocycles. The first-order valence-corrected chi connectivity index (χ1v) is 13.0. The highest BCUT2D eigenvalue weighted by Crippen LogP contribution is 2.42. The zero-order chi connectivity index (χ0) is 26.3. The van der Waals surface area contributed by atoms with Gasteiger partial charge < -0.3 is 14.4 Å². The summed E-state index contributed by atoms with van der Waals surface area (Å²) in [7, 11) is 1.60. The van der Waals surface area contributed by atoms with E-state index >= 15 is 0 Å². The molecule has 1 saturated heterocycles. The number of aryl methyl sites for hydroxylation is 2. The van der Waals surface area contributed by atoms with Gasteiger partial charge in [0.25, 0.3) is 5.56 Å². The van der Waals surface area contributed by atoms with E-state index in [9.17, 15) is 19.1 Å². The van der Waals surface area contributed by atoms with Gasteiger partial charge in [0.05, 0.1) is 23.4 Å². The van der Waals surface area contributed by atoms with E-state index in [1.54, 1.807) is 25.4 Å². The van der Waals surface area contributed by atoms with Crippen molar-refractivity contribution in [3.63, 3.8) is 0 Å². The molecule has 1 fully saturated rings. The molecule has 2 atom stereocenters. The lowest BCUT2D eigenvalue weighted by atomic mass is 10.0. The number of benzene rings is 1. The summed E-state index contributed by atoms with van der Waals surface area (Å²) in [5.41, 5.74) is 2.24. The van der Waals surface area contributed by atoms with Crippen LogP contribution < -0.4 is 16.0 Å². The Morgan fingerprint density at radius 2 is 2.03 bits per heavy atom. The predicted molar refractivity (Wildman–Crippen MR) is 143 cm³/mol. The van der Waals surface area contributed by atoms with Crippen LogP contribution in [0.25, 0.3) is 21.3 Å². The minimum atomic E-state index is -1.19. The fourth-order valence-corrected chi connectivity index (χ4v) is 6.08. The average Bonchev–Trinajstić information content (AvgIpc) is 3.43. The number of halogens is 2. The highest BCUT2D eigenvalue weighted by molar-refractivity contribution is 7.19. The second kappa shape index (κ2) is 10.4. The summed E-state index contributed by atoms with van der Waals surface area (Å²) in [6, 6.07) is 8.66. The third kappa shape index (κ3) is 5.06. The van der Waals surface area contributed by atoms with Crippen molar-refractivity contribution in [3.05, 3.63) is 79.0 Å². The Kier molecular flexibility index (Phi) is 7.17. The summed E-state index contributed by atoms with van der Waals surface area (Å²) in [5, 5.41) is 9.75. The van der Waals surface area contributed by atoms with Gasteiger partial charge in [0.2, 0.25) is 0 Å². The molecule has 37 heavy (non-hydrogen) atoms. The maximum absolute atomic E-state index is 14.8. The van der Waals surface area contributed by atoms with Gasteiger partial charge in [0.15, 0.2) is 6.17 Å². The Bertz CT molecular complexity index is 1580. The van der Waals surface area contributed by atoms with Crippen molar-refractivity contribution in [1.82, 2.24) is 19.0 Å². The molecule has 11 heteroatoms. The minimum Gasteiger partial charge on any atom is -0.485 e. The molecule has 0 amide bonds. The quantitative estimate of drug-likeness (QED) is 0.384. The molecule has 1 aromatic carbocycles. The minimum absolute atomic E-state index is 0.0401. The number of hydrogen-bond acceptors (Lipinski definition) is 7. The summed E-state index contributed by atoms with van der Waals surface area (Å²) in [4.78, 5) is 32.0. The number of nitrogens with zero attached hydrogens (tertiary/aromatic N) is 4. The number of hydrogen-bond donors (Lipinski definition) is 1. The van der Waals surface area contributed by atoms with Gasteiger partial charge in [-0.1, -0.05) is 11.6 Å². The molecule has 8 nitrogen and oxygen atoms in total. The number of aromatic nitrogens is 3. The van der Waals surface area contributed by atoms with Gasteiger partial charge in [0, 0.05) is 66.2 Å². The number of thiophene rings is 1. The van der Waals surface area contributed by atoms with Gasteiger partial charge in [0.1, 0.15) is 11.9 Å². The zero-order valence-electron chi connectivity index (χ0n) is 20.4. The van der Waals surface area contributed by atoms with E-state index in [0.717, 1.165) is 20.7 Å². The normalized spacial score (nSPS) is 18.1. The molecule has 0 saturated carbocycles. The van der Waals surface area contributed by atoms with Gasteiger partial charge in [-0.05, 0) is 36.8 Å². The van der Waals surface area contributed by atoms with Gasteiger partial charge in [-0.2, -0.15) is 0 Å². The molecule has 1 aliphatic rings. The first kappa shape index (κ1) is 25.6. The van der Waals surface area contributed by atoms with Crippen LogP contribution in [-0.4, -0.2) is 62.6 Å². The monoisotopic (exact) mass is 544 g/mol. The van der Waals surface area contributed by atoms with Crippen LogP contribution in [0.5, 0.6) is 5.75 Å². The van der Waals surface area contributed by atoms with E-state index in [-0.39, 0.29) is 25.3 Å². The van der Waals surface area contributed by atoms with Crippen LogP contribution in [-0.2, 0) is 13.6 Å². The summed E-state index contributed by atoms with van der Waals surface area (Å²) in [6.07, 6.45) is 1.26. The molecule has 1 N–H and O–H groups in total. The SMILES string of the molecule is Cc1cc(Cl)cc(-c2ccnc3cc(Cn4c(=O)ccn(C)c4=O)sc23)c1O[C@@H]1CN(CCO)C[C@@H]1F. The van der Waals surface area contributed by atoms with Gasteiger partial charge >= 0.3 is 5.69 Å². The summed E-state index contributed by atoms with van der Waals surface area (Å²) in [6.45, 7) is 2.92. The number of pyridine rings is 1.